The van der Waals surface area contributed by atoms with Crippen LogP contribution < -0.4 is 5.73 Å². The van der Waals surface area contributed by atoms with E-state index in [0.29, 0.717) is 19.8 Å². The minimum atomic E-state index is -1.10. The van der Waals surface area contributed by atoms with Crippen LogP contribution in [-0.2, 0) is 14.2 Å². The Kier molecular flexibility index (Phi) is 7.09. The Morgan fingerprint density at radius 3 is 1.79 bits per heavy atom. The number of hydrogen-bond donors (Lipinski definition) is 1. The molecule has 0 aromatic carbocycles. The molecule has 0 rings (SSSR count). The maximum atomic E-state index is 5.99. The number of rotatable bonds is 8. The topological polar surface area (TPSA) is 53.7 Å². The lowest BCUT2D eigenvalue weighted by Gasteiger charge is -2.35. The summed E-state index contributed by atoms with van der Waals surface area (Å²) >= 11 is 0. The molecule has 1 atom stereocenters. The lowest BCUT2D eigenvalue weighted by Crippen LogP contribution is -2.56. The Labute approximate surface area is 86.7 Å². The highest BCUT2D eigenvalue weighted by atomic mass is 16.7. The summed E-state index contributed by atoms with van der Waals surface area (Å²) in [5.41, 5.74) is 5.99. The largest absolute Gasteiger partial charge is 0.371 e. The molecule has 0 aromatic heterocycles. The Balaban J connectivity index is 4.39. The summed E-state index contributed by atoms with van der Waals surface area (Å²) in [5, 5.41) is 0. The molecule has 0 aromatic rings. The lowest BCUT2D eigenvalue weighted by molar-refractivity contribution is -0.285. The summed E-state index contributed by atoms with van der Waals surface area (Å²) < 4.78 is 16.3. The second kappa shape index (κ2) is 7.17. The van der Waals surface area contributed by atoms with Gasteiger partial charge in [-0.15, -0.1) is 0 Å². The van der Waals surface area contributed by atoms with E-state index in [1.807, 2.05) is 27.7 Å². The molecule has 0 radical (unpaired) electrons. The summed E-state index contributed by atoms with van der Waals surface area (Å²) in [6.45, 7) is 9.34. The molecule has 4 heteroatoms. The van der Waals surface area contributed by atoms with Crippen LogP contribution in [0.3, 0.4) is 0 Å². The Morgan fingerprint density at radius 2 is 1.50 bits per heavy atom. The summed E-state index contributed by atoms with van der Waals surface area (Å²) in [7, 11) is 0. The molecule has 0 amide bonds. The molecule has 0 saturated heterocycles. The lowest BCUT2D eigenvalue weighted by atomic mass is 10.2. The van der Waals surface area contributed by atoms with E-state index in [0.717, 1.165) is 6.42 Å². The van der Waals surface area contributed by atoms with Crippen molar-refractivity contribution in [3.05, 3.63) is 0 Å². The van der Waals surface area contributed by atoms with E-state index in [4.69, 9.17) is 19.9 Å². The van der Waals surface area contributed by atoms with Gasteiger partial charge in [-0.05, 0) is 27.2 Å². The fourth-order valence-electron chi connectivity index (χ4n) is 1.40. The van der Waals surface area contributed by atoms with Crippen molar-refractivity contribution in [1.29, 1.82) is 0 Å². The minimum Gasteiger partial charge on any atom is -0.371 e. The minimum absolute atomic E-state index is 0.215. The SMILES string of the molecule is CCOC(CC)C(N)(OCC)OCC. The quantitative estimate of drug-likeness (QED) is 0.610. The van der Waals surface area contributed by atoms with Crippen LogP contribution in [0, 0.1) is 0 Å². The van der Waals surface area contributed by atoms with Gasteiger partial charge in [0.1, 0.15) is 6.10 Å². The van der Waals surface area contributed by atoms with Crippen LogP contribution in [0.1, 0.15) is 34.1 Å². The average Bonchev–Trinajstić information content (AvgIpc) is 2.14. The van der Waals surface area contributed by atoms with Crippen molar-refractivity contribution < 1.29 is 14.2 Å². The molecule has 4 nitrogen and oxygen atoms in total. The van der Waals surface area contributed by atoms with Crippen LogP contribution in [0.25, 0.3) is 0 Å². The number of nitrogens with two attached hydrogens (primary N) is 1. The van der Waals surface area contributed by atoms with Crippen molar-refractivity contribution in [2.45, 2.75) is 46.1 Å². The van der Waals surface area contributed by atoms with Crippen molar-refractivity contribution in [2.24, 2.45) is 5.73 Å². The van der Waals surface area contributed by atoms with Gasteiger partial charge in [-0.1, -0.05) is 6.92 Å². The van der Waals surface area contributed by atoms with E-state index in [9.17, 15) is 0 Å². The zero-order valence-electron chi connectivity index (χ0n) is 9.71. The van der Waals surface area contributed by atoms with E-state index < -0.39 is 5.91 Å². The van der Waals surface area contributed by atoms with Gasteiger partial charge in [-0.3, -0.25) is 5.73 Å². The first-order valence-corrected chi connectivity index (χ1v) is 5.32. The maximum absolute atomic E-state index is 5.99. The van der Waals surface area contributed by atoms with Gasteiger partial charge < -0.3 is 14.2 Å². The van der Waals surface area contributed by atoms with Gasteiger partial charge in [0.15, 0.2) is 0 Å². The molecule has 0 aliphatic rings. The molecule has 0 saturated carbocycles. The summed E-state index contributed by atoms with van der Waals surface area (Å²) in [5.74, 6) is -1.10. The normalized spacial score (nSPS) is 14.4. The number of hydrogen-bond acceptors (Lipinski definition) is 4. The molecule has 86 valence electrons. The second-order valence-corrected chi connectivity index (χ2v) is 2.94. The first-order valence-electron chi connectivity index (χ1n) is 5.32. The van der Waals surface area contributed by atoms with E-state index in [1.54, 1.807) is 0 Å². The van der Waals surface area contributed by atoms with Crippen LogP contribution in [-0.4, -0.2) is 31.8 Å². The molecule has 0 bridgehead atoms. The predicted molar refractivity (Wildman–Crippen MR) is 55.9 cm³/mol. The number of ether oxygens (including phenoxy) is 3. The smallest absolute Gasteiger partial charge is 0.252 e. The van der Waals surface area contributed by atoms with Gasteiger partial charge in [-0.25, -0.2) is 0 Å². The summed E-state index contributed by atoms with van der Waals surface area (Å²) in [6.07, 6.45) is 0.553. The molecule has 0 spiro atoms. The van der Waals surface area contributed by atoms with E-state index in [2.05, 4.69) is 0 Å². The molecule has 1 unspecified atom stereocenters. The highest BCUT2D eigenvalue weighted by Crippen LogP contribution is 2.17. The molecule has 0 aliphatic heterocycles. The van der Waals surface area contributed by atoms with Gasteiger partial charge in [0, 0.05) is 19.8 Å². The molecule has 0 fully saturated rings. The summed E-state index contributed by atoms with van der Waals surface area (Å²) in [6, 6.07) is 0. The highest BCUT2D eigenvalue weighted by Gasteiger charge is 2.36. The molecule has 2 N–H and O–H groups in total. The van der Waals surface area contributed by atoms with Crippen LogP contribution in [0.4, 0.5) is 0 Å². The van der Waals surface area contributed by atoms with Crippen molar-refractivity contribution in [2.75, 3.05) is 19.8 Å². The van der Waals surface area contributed by atoms with Crippen molar-refractivity contribution in [3.8, 4) is 0 Å². The van der Waals surface area contributed by atoms with Gasteiger partial charge in [0.05, 0.1) is 0 Å². The fourth-order valence-corrected chi connectivity index (χ4v) is 1.40. The Morgan fingerprint density at radius 1 is 1.00 bits per heavy atom. The Hall–Kier alpha value is -0.160. The van der Waals surface area contributed by atoms with E-state index in [1.165, 1.54) is 0 Å². The van der Waals surface area contributed by atoms with Gasteiger partial charge in [0.25, 0.3) is 5.91 Å². The van der Waals surface area contributed by atoms with Crippen molar-refractivity contribution in [3.63, 3.8) is 0 Å². The third-order valence-corrected chi connectivity index (χ3v) is 1.93. The standard InChI is InChI=1S/C10H23NO3/c1-5-9(12-6-2)10(11,13-7-3)14-8-4/h9H,5-8,11H2,1-4H3. The molecule has 0 aliphatic carbocycles. The van der Waals surface area contributed by atoms with Crippen LogP contribution >= 0.6 is 0 Å². The molecular weight excluding hydrogens is 182 g/mol. The third kappa shape index (κ3) is 3.92. The maximum Gasteiger partial charge on any atom is 0.252 e. The van der Waals surface area contributed by atoms with Crippen molar-refractivity contribution in [1.82, 2.24) is 0 Å². The first kappa shape index (κ1) is 13.8. The van der Waals surface area contributed by atoms with Crippen LogP contribution in [0.15, 0.2) is 0 Å². The summed E-state index contributed by atoms with van der Waals surface area (Å²) in [4.78, 5) is 0. The Bertz CT molecular complexity index is 135. The average molecular weight is 205 g/mol. The first-order chi connectivity index (χ1) is 6.64. The van der Waals surface area contributed by atoms with Gasteiger partial charge in [-0.2, -0.15) is 0 Å². The van der Waals surface area contributed by atoms with E-state index >= 15 is 0 Å². The zero-order chi connectivity index (χ0) is 11.0. The van der Waals surface area contributed by atoms with Crippen LogP contribution in [0.5, 0.6) is 0 Å². The van der Waals surface area contributed by atoms with E-state index in [-0.39, 0.29) is 6.10 Å². The molecule has 0 heterocycles. The van der Waals surface area contributed by atoms with Crippen LogP contribution in [0.2, 0.25) is 0 Å². The van der Waals surface area contributed by atoms with Crippen molar-refractivity contribution >= 4 is 0 Å². The van der Waals surface area contributed by atoms with Gasteiger partial charge in [0.2, 0.25) is 0 Å². The molecular formula is C10H23NO3. The fraction of sp³-hybridized carbons (Fsp3) is 1.00. The highest BCUT2D eigenvalue weighted by molar-refractivity contribution is 4.73. The monoisotopic (exact) mass is 205 g/mol. The van der Waals surface area contributed by atoms with Gasteiger partial charge >= 0.3 is 0 Å². The predicted octanol–water partition coefficient (Wildman–Crippen LogP) is 1.49. The second-order valence-electron chi connectivity index (χ2n) is 2.94. The zero-order valence-corrected chi connectivity index (χ0v) is 9.71. The third-order valence-electron chi connectivity index (χ3n) is 1.93. The molecule has 14 heavy (non-hydrogen) atoms.